The van der Waals surface area contributed by atoms with Gasteiger partial charge in [0.15, 0.2) is 0 Å². The van der Waals surface area contributed by atoms with E-state index in [-0.39, 0.29) is 5.41 Å². The Morgan fingerprint density at radius 2 is 1.68 bits per heavy atom. The van der Waals surface area contributed by atoms with Gasteiger partial charge in [0.2, 0.25) is 0 Å². The molecule has 1 N–H and O–H groups in total. The van der Waals surface area contributed by atoms with Crippen molar-refractivity contribution in [1.82, 2.24) is 5.32 Å². The van der Waals surface area contributed by atoms with Crippen molar-refractivity contribution in [2.75, 3.05) is 13.6 Å². The molecule has 0 bridgehead atoms. The minimum Gasteiger partial charge on any atom is -0.309 e. The third kappa shape index (κ3) is 2.85. The van der Waals surface area contributed by atoms with Gasteiger partial charge in [0.05, 0.1) is 6.54 Å². The Kier molecular flexibility index (Phi) is 3.74. The number of rotatable bonds is 1. The van der Waals surface area contributed by atoms with Gasteiger partial charge in [-0.1, -0.05) is 45.6 Å². The zero-order valence-corrected chi connectivity index (χ0v) is 12.9. The highest BCUT2D eigenvalue weighted by atomic mass is 14.8. The van der Waals surface area contributed by atoms with Crippen molar-refractivity contribution in [2.24, 2.45) is 0 Å². The summed E-state index contributed by atoms with van der Waals surface area (Å²) in [6, 6.07) is 6.77. The van der Waals surface area contributed by atoms with Gasteiger partial charge < -0.3 is 5.32 Å². The summed E-state index contributed by atoms with van der Waals surface area (Å²) in [5.74, 6) is 6.39. The molecule has 0 heterocycles. The smallest absolute Gasteiger partial charge is 0.0577 e. The first kappa shape index (κ1) is 14.2. The van der Waals surface area contributed by atoms with Crippen LogP contribution in [0.15, 0.2) is 18.2 Å². The van der Waals surface area contributed by atoms with E-state index in [1.54, 1.807) is 0 Å². The van der Waals surface area contributed by atoms with Crippen molar-refractivity contribution in [3.63, 3.8) is 0 Å². The number of nitrogens with one attached hydrogen (secondary N) is 1. The Bertz CT molecular complexity index is 526. The fourth-order valence-corrected chi connectivity index (χ4v) is 2.90. The molecule has 0 atom stereocenters. The van der Waals surface area contributed by atoms with E-state index in [9.17, 15) is 0 Å². The van der Waals surface area contributed by atoms with Crippen LogP contribution in [0.3, 0.4) is 0 Å². The average molecular weight is 255 g/mol. The number of benzene rings is 1. The second-order valence-corrected chi connectivity index (χ2v) is 6.86. The molecule has 1 nitrogen and oxygen atoms in total. The summed E-state index contributed by atoms with van der Waals surface area (Å²) >= 11 is 0. The number of hydrogen-bond donors (Lipinski definition) is 1. The molecule has 1 heteroatoms. The SMILES string of the molecule is CNCC#Cc1ccc2c(c1)C(C)(C)CCC2(C)C. The van der Waals surface area contributed by atoms with Crippen LogP contribution >= 0.6 is 0 Å². The molecule has 0 saturated carbocycles. The van der Waals surface area contributed by atoms with Crippen molar-refractivity contribution in [1.29, 1.82) is 0 Å². The molecule has 1 aliphatic carbocycles. The van der Waals surface area contributed by atoms with Crippen LogP contribution in [-0.2, 0) is 10.8 Å². The van der Waals surface area contributed by atoms with E-state index in [1.807, 2.05) is 7.05 Å². The highest BCUT2D eigenvalue weighted by molar-refractivity contribution is 5.48. The predicted molar refractivity (Wildman–Crippen MR) is 82.5 cm³/mol. The van der Waals surface area contributed by atoms with E-state index in [0.717, 1.165) is 12.1 Å². The Labute approximate surface area is 117 Å². The van der Waals surface area contributed by atoms with Gasteiger partial charge in [-0.3, -0.25) is 0 Å². The van der Waals surface area contributed by atoms with Crippen LogP contribution in [0, 0.1) is 11.8 Å². The van der Waals surface area contributed by atoms with Crippen molar-refractivity contribution in [3.05, 3.63) is 34.9 Å². The maximum absolute atomic E-state index is 3.25. The molecule has 1 aliphatic rings. The van der Waals surface area contributed by atoms with Crippen LogP contribution in [0.5, 0.6) is 0 Å². The fourth-order valence-electron chi connectivity index (χ4n) is 2.90. The van der Waals surface area contributed by atoms with E-state index in [0.29, 0.717) is 5.41 Å². The molecule has 0 saturated heterocycles. The molecule has 0 aliphatic heterocycles. The van der Waals surface area contributed by atoms with Crippen LogP contribution in [0.4, 0.5) is 0 Å². The van der Waals surface area contributed by atoms with Crippen LogP contribution in [0.2, 0.25) is 0 Å². The van der Waals surface area contributed by atoms with Gasteiger partial charge in [-0.25, -0.2) is 0 Å². The van der Waals surface area contributed by atoms with Gasteiger partial charge in [-0.05, 0) is 54.0 Å². The Balaban J connectivity index is 2.45. The summed E-state index contributed by atoms with van der Waals surface area (Å²) < 4.78 is 0. The van der Waals surface area contributed by atoms with Crippen molar-refractivity contribution in [3.8, 4) is 11.8 Å². The summed E-state index contributed by atoms with van der Waals surface area (Å²) in [7, 11) is 1.92. The molecule has 102 valence electrons. The highest BCUT2D eigenvalue weighted by Crippen LogP contribution is 2.45. The molecule has 0 fully saturated rings. The lowest BCUT2D eigenvalue weighted by atomic mass is 9.63. The van der Waals surface area contributed by atoms with Gasteiger partial charge in [0.25, 0.3) is 0 Å². The molecule has 19 heavy (non-hydrogen) atoms. The van der Waals surface area contributed by atoms with Gasteiger partial charge in [-0.15, -0.1) is 0 Å². The summed E-state index contributed by atoms with van der Waals surface area (Å²) in [5.41, 5.74) is 4.69. The first-order valence-corrected chi connectivity index (χ1v) is 7.15. The van der Waals surface area contributed by atoms with Crippen molar-refractivity contribution in [2.45, 2.75) is 51.4 Å². The second-order valence-electron chi connectivity index (χ2n) is 6.86. The van der Waals surface area contributed by atoms with E-state index in [4.69, 9.17) is 0 Å². The zero-order valence-electron chi connectivity index (χ0n) is 12.9. The number of hydrogen-bond acceptors (Lipinski definition) is 1. The maximum Gasteiger partial charge on any atom is 0.0577 e. The van der Waals surface area contributed by atoms with Crippen LogP contribution < -0.4 is 5.32 Å². The summed E-state index contributed by atoms with van der Waals surface area (Å²) in [6.45, 7) is 10.2. The molecule has 0 unspecified atom stereocenters. The summed E-state index contributed by atoms with van der Waals surface area (Å²) in [5, 5.41) is 3.06. The molecular weight excluding hydrogens is 230 g/mol. The average Bonchev–Trinajstić information content (AvgIpc) is 2.36. The third-order valence-corrected chi connectivity index (χ3v) is 4.35. The topological polar surface area (TPSA) is 12.0 Å². The summed E-state index contributed by atoms with van der Waals surface area (Å²) in [4.78, 5) is 0. The second kappa shape index (κ2) is 5.02. The van der Waals surface area contributed by atoms with Crippen molar-refractivity contribution >= 4 is 0 Å². The minimum atomic E-state index is 0.269. The lowest BCUT2D eigenvalue weighted by Crippen LogP contribution is -2.33. The molecule has 0 spiro atoms. The van der Waals surface area contributed by atoms with E-state index in [1.165, 1.54) is 24.0 Å². The maximum atomic E-state index is 3.25. The highest BCUT2D eigenvalue weighted by Gasteiger charge is 2.36. The van der Waals surface area contributed by atoms with Gasteiger partial charge in [0, 0.05) is 5.56 Å². The molecule has 1 aromatic rings. The van der Waals surface area contributed by atoms with E-state index in [2.05, 4.69) is 63.1 Å². The zero-order chi connectivity index (χ0) is 14.1. The Morgan fingerprint density at radius 1 is 1.05 bits per heavy atom. The molecule has 2 rings (SSSR count). The third-order valence-electron chi connectivity index (χ3n) is 4.35. The largest absolute Gasteiger partial charge is 0.309 e. The number of fused-ring (bicyclic) bond motifs is 1. The van der Waals surface area contributed by atoms with Gasteiger partial charge in [0.1, 0.15) is 0 Å². The molecule has 0 amide bonds. The molecule has 1 aromatic carbocycles. The van der Waals surface area contributed by atoms with Crippen LogP contribution in [0.25, 0.3) is 0 Å². The monoisotopic (exact) mass is 255 g/mol. The Morgan fingerprint density at radius 3 is 2.32 bits per heavy atom. The lowest BCUT2D eigenvalue weighted by molar-refractivity contribution is 0.332. The summed E-state index contributed by atoms with van der Waals surface area (Å²) in [6.07, 6.45) is 2.51. The molecule has 0 radical (unpaired) electrons. The lowest BCUT2D eigenvalue weighted by Gasteiger charge is -2.41. The van der Waals surface area contributed by atoms with Gasteiger partial charge in [-0.2, -0.15) is 0 Å². The first-order valence-electron chi connectivity index (χ1n) is 7.15. The predicted octanol–water partition coefficient (Wildman–Crippen LogP) is 3.61. The van der Waals surface area contributed by atoms with Crippen LogP contribution in [-0.4, -0.2) is 13.6 Å². The van der Waals surface area contributed by atoms with Crippen molar-refractivity contribution < 1.29 is 0 Å². The van der Waals surface area contributed by atoms with E-state index < -0.39 is 0 Å². The first-order chi connectivity index (χ1) is 8.87. The van der Waals surface area contributed by atoms with Crippen LogP contribution in [0.1, 0.15) is 57.2 Å². The fraction of sp³-hybridized carbons (Fsp3) is 0.556. The minimum absolute atomic E-state index is 0.269. The molecular formula is C18H25N. The van der Waals surface area contributed by atoms with Gasteiger partial charge >= 0.3 is 0 Å². The molecule has 0 aromatic heterocycles. The quantitative estimate of drug-likeness (QED) is 0.756. The standard InChI is InChI=1S/C18H25N/c1-17(2)10-11-18(3,4)16-13-14(7-6-12-19-5)8-9-15(16)17/h8-9,13,19H,10-12H2,1-5H3. The van der Waals surface area contributed by atoms with E-state index >= 15 is 0 Å². The normalized spacial score (nSPS) is 19.2. The Hall–Kier alpha value is -1.26.